The number of carbonyl (C=O) groups is 1. The number of aliphatic hydroxyl groups is 1. The van der Waals surface area contributed by atoms with Crippen LogP contribution in [-0.4, -0.2) is 22.7 Å². The topological polar surface area (TPSA) is 49.3 Å². The van der Waals surface area contributed by atoms with Gasteiger partial charge in [-0.25, -0.2) is 0 Å². The first-order chi connectivity index (χ1) is 5.39. The highest BCUT2D eigenvalue weighted by atomic mass is 16.3. The van der Waals surface area contributed by atoms with Crippen molar-refractivity contribution in [2.45, 2.75) is 45.3 Å². The van der Waals surface area contributed by atoms with Gasteiger partial charge in [-0.15, -0.1) is 0 Å². The molecular weight excluding hydrogens is 154 g/mol. The Labute approximate surface area is 73.2 Å². The average Bonchev–Trinajstić information content (AvgIpc) is 1.73. The Balaban J connectivity index is 2.25. The molecule has 3 nitrogen and oxygen atoms in total. The van der Waals surface area contributed by atoms with E-state index >= 15 is 0 Å². The van der Waals surface area contributed by atoms with Gasteiger partial charge in [0.2, 0.25) is 5.91 Å². The van der Waals surface area contributed by atoms with E-state index in [4.69, 9.17) is 0 Å². The van der Waals surface area contributed by atoms with Gasteiger partial charge in [0.05, 0.1) is 5.60 Å². The van der Waals surface area contributed by atoms with E-state index in [9.17, 15) is 9.90 Å². The number of nitrogens with one attached hydrogen (secondary N) is 1. The van der Waals surface area contributed by atoms with Crippen LogP contribution in [0.25, 0.3) is 0 Å². The minimum Gasteiger partial charge on any atom is -0.390 e. The van der Waals surface area contributed by atoms with Crippen molar-refractivity contribution >= 4 is 5.91 Å². The highest BCUT2D eigenvalue weighted by Gasteiger charge is 2.38. The van der Waals surface area contributed by atoms with Crippen LogP contribution in [0.2, 0.25) is 0 Å². The van der Waals surface area contributed by atoms with Crippen LogP contribution in [-0.2, 0) is 4.79 Å². The monoisotopic (exact) mass is 171 g/mol. The molecule has 1 fully saturated rings. The molecule has 0 atom stereocenters. The first kappa shape index (κ1) is 9.52. The standard InChI is InChI=1S/C9H17NO2/c1-6(11)10-8-4-7(5-8)9(2,3)12/h7-8,12H,4-5H2,1-3H3,(H,10,11). The number of carbonyl (C=O) groups excluding carboxylic acids is 1. The number of hydrogen-bond donors (Lipinski definition) is 2. The predicted molar refractivity (Wildman–Crippen MR) is 46.6 cm³/mol. The van der Waals surface area contributed by atoms with Gasteiger partial charge in [-0.1, -0.05) is 0 Å². The largest absolute Gasteiger partial charge is 0.390 e. The Kier molecular flexibility index (Phi) is 2.42. The molecular formula is C9H17NO2. The molecule has 2 N–H and O–H groups in total. The summed E-state index contributed by atoms with van der Waals surface area (Å²) in [6, 6.07) is 0.291. The molecule has 12 heavy (non-hydrogen) atoms. The van der Waals surface area contributed by atoms with Crippen LogP contribution < -0.4 is 5.32 Å². The maximum Gasteiger partial charge on any atom is 0.217 e. The zero-order valence-electron chi connectivity index (χ0n) is 7.92. The van der Waals surface area contributed by atoms with E-state index in [-0.39, 0.29) is 5.91 Å². The molecule has 70 valence electrons. The lowest BCUT2D eigenvalue weighted by atomic mass is 9.71. The molecule has 0 spiro atoms. The molecule has 0 aromatic rings. The molecule has 0 radical (unpaired) electrons. The Morgan fingerprint density at radius 1 is 1.50 bits per heavy atom. The Hall–Kier alpha value is -0.570. The Morgan fingerprint density at radius 3 is 2.33 bits per heavy atom. The van der Waals surface area contributed by atoms with Crippen LogP contribution in [0.5, 0.6) is 0 Å². The molecule has 1 aliphatic carbocycles. The summed E-state index contributed by atoms with van der Waals surface area (Å²) in [6.45, 7) is 5.17. The van der Waals surface area contributed by atoms with Crippen molar-refractivity contribution in [3.05, 3.63) is 0 Å². The first-order valence-electron chi connectivity index (χ1n) is 4.39. The molecule has 0 saturated heterocycles. The third-order valence-electron chi connectivity index (χ3n) is 2.54. The highest BCUT2D eigenvalue weighted by molar-refractivity contribution is 5.73. The molecule has 1 saturated carbocycles. The van der Waals surface area contributed by atoms with E-state index in [0.717, 1.165) is 12.8 Å². The van der Waals surface area contributed by atoms with Gasteiger partial charge >= 0.3 is 0 Å². The van der Waals surface area contributed by atoms with Crippen molar-refractivity contribution in [2.24, 2.45) is 5.92 Å². The van der Waals surface area contributed by atoms with Crippen molar-refractivity contribution in [2.75, 3.05) is 0 Å². The summed E-state index contributed by atoms with van der Waals surface area (Å²) < 4.78 is 0. The zero-order valence-corrected chi connectivity index (χ0v) is 7.92. The maximum absolute atomic E-state index is 10.6. The van der Waals surface area contributed by atoms with Crippen LogP contribution >= 0.6 is 0 Å². The second-order valence-electron chi connectivity index (χ2n) is 4.22. The van der Waals surface area contributed by atoms with E-state index in [1.165, 1.54) is 6.92 Å². The van der Waals surface area contributed by atoms with E-state index in [2.05, 4.69) is 5.32 Å². The van der Waals surface area contributed by atoms with Crippen molar-refractivity contribution in [1.82, 2.24) is 5.32 Å². The summed E-state index contributed by atoms with van der Waals surface area (Å²) >= 11 is 0. The normalized spacial score (nSPS) is 29.3. The predicted octanol–water partition coefficient (Wildman–Crippen LogP) is 0.672. The van der Waals surface area contributed by atoms with Crippen LogP contribution in [0, 0.1) is 5.92 Å². The van der Waals surface area contributed by atoms with Gasteiger partial charge < -0.3 is 10.4 Å². The summed E-state index contributed by atoms with van der Waals surface area (Å²) in [7, 11) is 0. The first-order valence-corrected chi connectivity index (χ1v) is 4.39. The minimum atomic E-state index is -0.588. The smallest absolute Gasteiger partial charge is 0.217 e. The quantitative estimate of drug-likeness (QED) is 0.641. The summed E-state index contributed by atoms with van der Waals surface area (Å²) in [4.78, 5) is 10.6. The van der Waals surface area contributed by atoms with E-state index in [1.807, 2.05) is 13.8 Å². The van der Waals surface area contributed by atoms with Crippen LogP contribution in [0.15, 0.2) is 0 Å². The molecule has 0 aromatic heterocycles. The zero-order chi connectivity index (χ0) is 9.35. The van der Waals surface area contributed by atoms with Gasteiger partial charge in [0.25, 0.3) is 0 Å². The summed E-state index contributed by atoms with van der Waals surface area (Å²) in [5, 5.41) is 12.4. The summed E-state index contributed by atoms with van der Waals surface area (Å²) in [5.74, 6) is 0.364. The fourth-order valence-corrected chi connectivity index (χ4v) is 1.60. The molecule has 1 aliphatic rings. The van der Waals surface area contributed by atoms with Crippen LogP contribution in [0.1, 0.15) is 33.6 Å². The van der Waals surface area contributed by atoms with Gasteiger partial charge in [0, 0.05) is 13.0 Å². The highest BCUT2D eigenvalue weighted by Crippen LogP contribution is 2.35. The van der Waals surface area contributed by atoms with Crippen molar-refractivity contribution < 1.29 is 9.90 Å². The lowest BCUT2D eigenvalue weighted by Gasteiger charge is -2.42. The van der Waals surface area contributed by atoms with Gasteiger partial charge in [-0.05, 0) is 32.6 Å². The van der Waals surface area contributed by atoms with E-state index < -0.39 is 5.60 Å². The molecule has 1 amide bonds. The Bertz CT molecular complexity index is 177. The second kappa shape index (κ2) is 3.05. The van der Waals surface area contributed by atoms with Crippen molar-refractivity contribution in [1.29, 1.82) is 0 Å². The number of amides is 1. The van der Waals surface area contributed by atoms with Crippen LogP contribution in [0.4, 0.5) is 0 Å². The molecule has 0 heterocycles. The van der Waals surface area contributed by atoms with E-state index in [0.29, 0.717) is 12.0 Å². The summed E-state index contributed by atoms with van der Waals surface area (Å²) in [5.41, 5.74) is -0.588. The molecule has 0 aromatic carbocycles. The molecule has 0 unspecified atom stereocenters. The number of rotatable bonds is 2. The van der Waals surface area contributed by atoms with Gasteiger partial charge in [0.15, 0.2) is 0 Å². The van der Waals surface area contributed by atoms with E-state index in [1.54, 1.807) is 0 Å². The molecule has 3 heteroatoms. The third kappa shape index (κ3) is 2.21. The maximum atomic E-state index is 10.6. The third-order valence-corrected chi connectivity index (χ3v) is 2.54. The summed E-state index contributed by atoms with van der Waals surface area (Å²) in [6.07, 6.45) is 1.81. The van der Waals surface area contributed by atoms with Crippen molar-refractivity contribution in [3.63, 3.8) is 0 Å². The molecule has 0 aliphatic heterocycles. The lowest BCUT2D eigenvalue weighted by molar-refractivity contribution is -0.121. The fourth-order valence-electron chi connectivity index (χ4n) is 1.60. The SMILES string of the molecule is CC(=O)NC1CC(C(C)(C)O)C1. The lowest BCUT2D eigenvalue weighted by Crippen LogP contribution is -2.50. The van der Waals surface area contributed by atoms with Crippen LogP contribution in [0.3, 0.4) is 0 Å². The van der Waals surface area contributed by atoms with Gasteiger partial charge in [-0.2, -0.15) is 0 Å². The van der Waals surface area contributed by atoms with Gasteiger partial charge in [0.1, 0.15) is 0 Å². The molecule has 1 rings (SSSR count). The molecule has 0 bridgehead atoms. The fraction of sp³-hybridized carbons (Fsp3) is 0.889. The second-order valence-corrected chi connectivity index (χ2v) is 4.22. The van der Waals surface area contributed by atoms with Gasteiger partial charge in [-0.3, -0.25) is 4.79 Å². The van der Waals surface area contributed by atoms with Crippen molar-refractivity contribution in [3.8, 4) is 0 Å². The Morgan fingerprint density at radius 2 is 2.00 bits per heavy atom. The number of hydrogen-bond acceptors (Lipinski definition) is 2. The minimum absolute atomic E-state index is 0.0224. The average molecular weight is 171 g/mol.